The van der Waals surface area contributed by atoms with Crippen LogP contribution in [0.5, 0.6) is 0 Å². The Bertz CT molecular complexity index is 542. The van der Waals surface area contributed by atoms with Gasteiger partial charge in [0.05, 0.1) is 4.34 Å². The molecule has 102 valence electrons. The molecule has 1 heterocycles. The van der Waals surface area contributed by atoms with Crippen molar-refractivity contribution in [2.45, 2.75) is 17.4 Å². The van der Waals surface area contributed by atoms with Crippen molar-refractivity contribution in [1.82, 2.24) is 4.72 Å². The van der Waals surface area contributed by atoms with Crippen LogP contribution in [0.15, 0.2) is 11.0 Å². The van der Waals surface area contributed by atoms with Crippen molar-refractivity contribution in [3.63, 3.8) is 0 Å². The van der Waals surface area contributed by atoms with Gasteiger partial charge in [-0.1, -0.05) is 23.2 Å². The summed E-state index contributed by atoms with van der Waals surface area (Å²) in [5.74, 6) is -1.38. The molecule has 0 saturated heterocycles. The number of aliphatic carboxylic acids is 1. The van der Waals surface area contributed by atoms with E-state index in [2.05, 4.69) is 0 Å². The molecule has 0 fully saturated rings. The predicted molar refractivity (Wildman–Crippen MR) is 67.8 cm³/mol. The van der Waals surface area contributed by atoms with Crippen molar-refractivity contribution in [3.8, 4) is 0 Å². The van der Waals surface area contributed by atoms with Gasteiger partial charge in [0.2, 0.25) is 10.0 Å². The number of nitrogens with one attached hydrogen (secondary N) is 1. The molecule has 0 radical (unpaired) electrons. The van der Waals surface area contributed by atoms with E-state index in [1.165, 1.54) is 0 Å². The molecule has 18 heavy (non-hydrogen) atoms. The van der Waals surface area contributed by atoms with Crippen LogP contribution in [0, 0.1) is 0 Å². The average molecular weight is 334 g/mol. The topological polar surface area (TPSA) is 104 Å². The minimum atomic E-state index is -4.08. The summed E-state index contributed by atoms with van der Waals surface area (Å²) in [7, 11) is -4.08. The molecule has 1 aromatic rings. The highest BCUT2D eigenvalue weighted by molar-refractivity contribution is 7.89. The lowest BCUT2D eigenvalue weighted by molar-refractivity contribution is -0.139. The van der Waals surface area contributed by atoms with Gasteiger partial charge in [0.15, 0.2) is 0 Å². The summed E-state index contributed by atoms with van der Waals surface area (Å²) in [6.07, 6.45) is -0.246. The number of thiophene rings is 1. The predicted octanol–water partition coefficient (Wildman–Crippen LogP) is 1.17. The van der Waals surface area contributed by atoms with E-state index in [4.69, 9.17) is 33.4 Å². The molecule has 1 unspecified atom stereocenters. The minimum absolute atomic E-state index is 0.0550. The highest BCUT2D eigenvalue weighted by atomic mass is 35.5. The Labute approximate surface area is 117 Å². The van der Waals surface area contributed by atoms with Gasteiger partial charge in [-0.05, 0) is 12.5 Å². The van der Waals surface area contributed by atoms with E-state index in [0.717, 1.165) is 17.4 Å². The van der Waals surface area contributed by atoms with Crippen LogP contribution >= 0.6 is 34.5 Å². The summed E-state index contributed by atoms with van der Waals surface area (Å²) >= 11 is 12.2. The van der Waals surface area contributed by atoms with Gasteiger partial charge in [-0.2, -0.15) is 4.72 Å². The normalized spacial score (nSPS) is 13.5. The van der Waals surface area contributed by atoms with Crippen molar-refractivity contribution < 1.29 is 23.4 Å². The van der Waals surface area contributed by atoms with Crippen LogP contribution in [0.3, 0.4) is 0 Å². The van der Waals surface area contributed by atoms with Crippen LogP contribution in [-0.2, 0) is 14.8 Å². The Kier molecular flexibility index (Phi) is 5.38. The largest absolute Gasteiger partial charge is 0.480 e. The van der Waals surface area contributed by atoms with Gasteiger partial charge in [-0.15, -0.1) is 11.3 Å². The molecule has 0 aliphatic carbocycles. The van der Waals surface area contributed by atoms with Gasteiger partial charge in [0, 0.05) is 6.61 Å². The van der Waals surface area contributed by atoms with Crippen LogP contribution in [-0.4, -0.2) is 37.2 Å². The number of aliphatic hydroxyl groups excluding tert-OH is 1. The summed E-state index contributed by atoms with van der Waals surface area (Å²) in [6, 6.07) is -0.288. The zero-order valence-electron chi connectivity index (χ0n) is 8.76. The molecule has 0 aliphatic rings. The molecule has 0 saturated carbocycles. The first-order valence-electron chi connectivity index (χ1n) is 4.58. The second kappa shape index (κ2) is 6.18. The molecule has 6 nitrogen and oxygen atoms in total. The second-order valence-electron chi connectivity index (χ2n) is 3.21. The summed E-state index contributed by atoms with van der Waals surface area (Å²) < 4.78 is 25.8. The van der Waals surface area contributed by atoms with Gasteiger partial charge < -0.3 is 10.2 Å². The average Bonchev–Trinajstić information content (AvgIpc) is 2.57. The van der Waals surface area contributed by atoms with Crippen LogP contribution in [0.2, 0.25) is 8.67 Å². The molecule has 0 aliphatic heterocycles. The lowest BCUT2D eigenvalue weighted by atomic mass is 10.2. The number of hydrogen-bond donors (Lipinski definition) is 3. The van der Waals surface area contributed by atoms with E-state index < -0.39 is 28.6 Å². The lowest BCUT2D eigenvalue weighted by Gasteiger charge is -2.12. The fourth-order valence-corrected chi connectivity index (χ4v) is 4.49. The molecule has 10 heteroatoms. The Balaban J connectivity index is 3.00. The maximum Gasteiger partial charge on any atom is 0.321 e. The Morgan fingerprint density at radius 3 is 2.50 bits per heavy atom. The number of carboxylic acid groups (broad SMARTS) is 1. The summed E-state index contributed by atoms with van der Waals surface area (Å²) in [5, 5.41) is 17.5. The molecule has 1 atom stereocenters. The fourth-order valence-electron chi connectivity index (χ4n) is 1.12. The third-order valence-electron chi connectivity index (χ3n) is 1.93. The third-order valence-corrected chi connectivity index (χ3v) is 5.15. The smallest absolute Gasteiger partial charge is 0.321 e. The molecule has 1 rings (SSSR count). The van der Waals surface area contributed by atoms with Crippen LogP contribution in [0.4, 0.5) is 0 Å². The quantitative estimate of drug-likeness (QED) is 0.724. The molecule has 3 N–H and O–H groups in total. The molecule has 0 bridgehead atoms. The van der Waals surface area contributed by atoms with E-state index in [-0.39, 0.29) is 20.0 Å². The van der Waals surface area contributed by atoms with Gasteiger partial charge >= 0.3 is 5.97 Å². The third kappa shape index (κ3) is 3.81. The highest BCUT2D eigenvalue weighted by Crippen LogP contribution is 2.34. The van der Waals surface area contributed by atoms with Gasteiger partial charge in [-0.25, -0.2) is 8.42 Å². The number of carboxylic acids is 1. The van der Waals surface area contributed by atoms with E-state index in [1.54, 1.807) is 0 Å². The van der Waals surface area contributed by atoms with Crippen LogP contribution in [0.1, 0.15) is 6.42 Å². The van der Waals surface area contributed by atoms with E-state index >= 15 is 0 Å². The first kappa shape index (κ1) is 15.7. The monoisotopic (exact) mass is 333 g/mol. The summed E-state index contributed by atoms with van der Waals surface area (Å²) in [4.78, 5) is 10.5. The van der Waals surface area contributed by atoms with Crippen molar-refractivity contribution >= 4 is 50.5 Å². The SMILES string of the molecule is O=C(O)C(CCO)NS(=O)(=O)c1cc(Cl)sc1Cl. The Hall–Kier alpha value is -0.380. The first-order chi connectivity index (χ1) is 8.27. The number of sulfonamides is 1. The molecule has 0 aromatic carbocycles. The summed E-state index contributed by atoms with van der Waals surface area (Å²) in [5.41, 5.74) is 0. The zero-order valence-corrected chi connectivity index (χ0v) is 11.9. The molecule has 0 amide bonds. The van der Waals surface area contributed by atoms with Crippen LogP contribution in [0.25, 0.3) is 0 Å². The van der Waals surface area contributed by atoms with Crippen molar-refractivity contribution in [2.24, 2.45) is 0 Å². The molecule has 0 spiro atoms. The maximum absolute atomic E-state index is 11.9. The number of carbonyl (C=O) groups is 1. The standard InChI is InChI=1S/C8H9Cl2NO5S2/c9-6-3-5(7(10)17-6)18(15,16)11-4(1-2-12)8(13)14/h3-4,11-12H,1-2H2,(H,13,14). The number of halogens is 2. The highest BCUT2D eigenvalue weighted by Gasteiger charge is 2.27. The van der Waals surface area contributed by atoms with E-state index in [0.29, 0.717) is 0 Å². The van der Waals surface area contributed by atoms with E-state index in [1.807, 2.05) is 4.72 Å². The summed E-state index contributed by atoms with van der Waals surface area (Å²) in [6.45, 7) is -0.461. The lowest BCUT2D eigenvalue weighted by Crippen LogP contribution is -2.41. The molecular formula is C8H9Cl2NO5S2. The van der Waals surface area contributed by atoms with Crippen molar-refractivity contribution in [2.75, 3.05) is 6.61 Å². The van der Waals surface area contributed by atoms with E-state index in [9.17, 15) is 13.2 Å². The molecular weight excluding hydrogens is 325 g/mol. The van der Waals surface area contributed by atoms with Crippen molar-refractivity contribution in [3.05, 3.63) is 14.7 Å². The minimum Gasteiger partial charge on any atom is -0.480 e. The maximum atomic E-state index is 11.9. The zero-order chi connectivity index (χ0) is 13.9. The fraction of sp³-hybridized carbons (Fsp3) is 0.375. The first-order valence-corrected chi connectivity index (χ1v) is 7.64. The second-order valence-corrected chi connectivity index (χ2v) is 7.18. The van der Waals surface area contributed by atoms with Gasteiger partial charge in [-0.3, -0.25) is 4.79 Å². The van der Waals surface area contributed by atoms with Crippen LogP contribution < -0.4 is 4.72 Å². The van der Waals surface area contributed by atoms with Gasteiger partial charge in [0.25, 0.3) is 0 Å². The van der Waals surface area contributed by atoms with Gasteiger partial charge in [0.1, 0.15) is 15.3 Å². The van der Waals surface area contributed by atoms with Crippen molar-refractivity contribution in [1.29, 1.82) is 0 Å². The molecule has 1 aromatic heterocycles. The Morgan fingerprint density at radius 2 is 2.11 bits per heavy atom. The number of rotatable bonds is 6. The Morgan fingerprint density at radius 1 is 1.50 bits per heavy atom. The number of aliphatic hydroxyl groups is 1. The number of hydrogen-bond acceptors (Lipinski definition) is 5.